The van der Waals surface area contributed by atoms with Crippen LogP contribution in [0, 0.1) is 4.91 Å². The maximum atomic E-state index is 10.6. The number of hydrogen-bond donors (Lipinski definition) is 1. The summed E-state index contributed by atoms with van der Waals surface area (Å²) in [5.74, 6) is 0.975. The molecule has 1 aromatic rings. The first-order chi connectivity index (χ1) is 7.26. The van der Waals surface area contributed by atoms with Gasteiger partial charge in [0.1, 0.15) is 5.69 Å². The molecule has 0 spiro atoms. The molecule has 0 saturated heterocycles. The fourth-order valence-corrected chi connectivity index (χ4v) is 1.52. The van der Waals surface area contributed by atoms with Crippen LogP contribution >= 0.6 is 0 Å². The third kappa shape index (κ3) is 1.66. The number of benzene rings is 1. The highest BCUT2D eigenvalue weighted by Crippen LogP contribution is 2.40. The van der Waals surface area contributed by atoms with Gasteiger partial charge >= 0.3 is 0 Å². The lowest BCUT2D eigenvalue weighted by Crippen LogP contribution is -1.99. The maximum absolute atomic E-state index is 10.6. The molecule has 1 aliphatic heterocycles. The van der Waals surface area contributed by atoms with Gasteiger partial charge in [-0.15, -0.1) is 4.91 Å². The topological polar surface area (TPSA) is 68.1 Å². The van der Waals surface area contributed by atoms with E-state index in [1.165, 1.54) is 6.07 Å². The summed E-state index contributed by atoms with van der Waals surface area (Å²) >= 11 is 0. The van der Waals surface area contributed by atoms with E-state index in [-0.39, 0.29) is 19.3 Å². The Morgan fingerprint density at radius 2 is 2.13 bits per heavy atom. The van der Waals surface area contributed by atoms with Crippen LogP contribution in [0.1, 0.15) is 18.4 Å². The molecule has 0 aliphatic carbocycles. The van der Waals surface area contributed by atoms with E-state index in [1.54, 1.807) is 6.07 Å². The molecular weight excluding hydrogens is 198 g/mol. The Hall–Kier alpha value is -1.62. The van der Waals surface area contributed by atoms with E-state index in [1.807, 2.05) is 6.92 Å². The fourth-order valence-electron chi connectivity index (χ4n) is 1.52. The van der Waals surface area contributed by atoms with Gasteiger partial charge in [0.25, 0.3) is 0 Å². The largest absolute Gasteiger partial charge is 0.454 e. The molecule has 1 heterocycles. The molecule has 2 rings (SSSR count). The van der Waals surface area contributed by atoms with Crippen LogP contribution in [0.3, 0.4) is 0 Å². The summed E-state index contributed by atoms with van der Waals surface area (Å²) in [6, 6.07) is 3.23. The van der Waals surface area contributed by atoms with E-state index < -0.39 is 0 Å². The van der Waals surface area contributed by atoms with Gasteiger partial charge in [-0.3, -0.25) is 0 Å². The average molecular weight is 209 g/mol. The van der Waals surface area contributed by atoms with E-state index in [9.17, 15) is 4.91 Å². The van der Waals surface area contributed by atoms with E-state index in [0.717, 1.165) is 0 Å². The predicted octanol–water partition coefficient (Wildman–Crippen LogP) is 1.91. The van der Waals surface area contributed by atoms with Crippen molar-refractivity contribution in [3.05, 3.63) is 22.6 Å². The summed E-state index contributed by atoms with van der Waals surface area (Å²) in [5.41, 5.74) is 0.970. The van der Waals surface area contributed by atoms with Crippen molar-refractivity contribution in [2.24, 2.45) is 5.18 Å². The van der Waals surface area contributed by atoms with Gasteiger partial charge in [-0.2, -0.15) is 0 Å². The lowest BCUT2D eigenvalue weighted by atomic mass is 9.99. The van der Waals surface area contributed by atoms with Gasteiger partial charge in [0.15, 0.2) is 11.5 Å². The van der Waals surface area contributed by atoms with Crippen molar-refractivity contribution in [1.29, 1.82) is 0 Å². The Labute approximate surface area is 86.6 Å². The predicted molar refractivity (Wildman–Crippen MR) is 53.5 cm³/mol. The summed E-state index contributed by atoms with van der Waals surface area (Å²) in [7, 11) is 0. The Morgan fingerprint density at radius 3 is 2.73 bits per heavy atom. The number of rotatable bonds is 3. The number of fused-ring (bicyclic) bond motifs is 1. The highest BCUT2D eigenvalue weighted by atomic mass is 16.7. The third-order valence-corrected chi connectivity index (χ3v) is 2.43. The lowest BCUT2D eigenvalue weighted by molar-refractivity contribution is 0.174. The molecule has 1 N–H and O–H groups in total. The van der Waals surface area contributed by atoms with Crippen LogP contribution in [0.2, 0.25) is 0 Å². The molecule has 1 atom stereocenters. The number of nitrogens with zero attached hydrogens (tertiary/aromatic N) is 1. The molecule has 15 heavy (non-hydrogen) atoms. The minimum Gasteiger partial charge on any atom is -0.454 e. The number of aliphatic hydroxyl groups excluding tert-OH is 1. The lowest BCUT2D eigenvalue weighted by Gasteiger charge is -2.10. The van der Waals surface area contributed by atoms with Crippen LogP contribution in [0.4, 0.5) is 5.69 Å². The van der Waals surface area contributed by atoms with Crippen LogP contribution in [0.15, 0.2) is 17.3 Å². The Kier molecular flexibility index (Phi) is 2.55. The molecule has 80 valence electrons. The maximum Gasteiger partial charge on any atom is 0.231 e. The molecule has 0 saturated carbocycles. The van der Waals surface area contributed by atoms with Crippen molar-refractivity contribution in [2.75, 3.05) is 13.4 Å². The molecule has 0 radical (unpaired) electrons. The van der Waals surface area contributed by atoms with Gasteiger partial charge in [0.2, 0.25) is 6.79 Å². The highest BCUT2D eigenvalue weighted by molar-refractivity contribution is 5.59. The minimum absolute atomic E-state index is 0.0395. The number of aliphatic hydroxyl groups is 1. The number of ether oxygens (including phenoxy) is 2. The number of nitroso groups, excluding NO2 is 1. The molecule has 0 bridgehead atoms. The minimum atomic E-state index is -0.146. The summed E-state index contributed by atoms with van der Waals surface area (Å²) < 4.78 is 10.3. The molecule has 0 aromatic heterocycles. The van der Waals surface area contributed by atoms with E-state index in [0.29, 0.717) is 22.7 Å². The Balaban J connectivity index is 2.48. The molecule has 5 heteroatoms. The summed E-state index contributed by atoms with van der Waals surface area (Å²) in [6.07, 6.45) is 0. The Bertz CT molecular complexity index is 391. The van der Waals surface area contributed by atoms with Crippen LogP contribution in [-0.4, -0.2) is 18.5 Å². The molecule has 5 nitrogen and oxygen atoms in total. The van der Waals surface area contributed by atoms with Gasteiger partial charge in [0, 0.05) is 18.6 Å². The Morgan fingerprint density at radius 1 is 1.47 bits per heavy atom. The van der Waals surface area contributed by atoms with Gasteiger partial charge < -0.3 is 14.6 Å². The zero-order valence-electron chi connectivity index (χ0n) is 8.27. The van der Waals surface area contributed by atoms with Crippen LogP contribution in [0.5, 0.6) is 11.5 Å². The molecule has 1 unspecified atom stereocenters. The van der Waals surface area contributed by atoms with Gasteiger partial charge in [-0.05, 0) is 16.8 Å². The zero-order chi connectivity index (χ0) is 10.8. The first kappa shape index (κ1) is 9.92. The van der Waals surface area contributed by atoms with Crippen molar-refractivity contribution in [2.45, 2.75) is 12.8 Å². The highest BCUT2D eigenvalue weighted by Gasteiger charge is 2.20. The second kappa shape index (κ2) is 3.86. The van der Waals surface area contributed by atoms with E-state index in [2.05, 4.69) is 5.18 Å². The SMILES string of the molecule is CC(CO)c1cc2c(cc1N=O)OCO2. The smallest absolute Gasteiger partial charge is 0.231 e. The van der Waals surface area contributed by atoms with Gasteiger partial charge in [0.05, 0.1) is 0 Å². The molecule has 1 aliphatic rings. The quantitative estimate of drug-likeness (QED) is 0.772. The van der Waals surface area contributed by atoms with Crippen molar-refractivity contribution in [3.63, 3.8) is 0 Å². The van der Waals surface area contributed by atoms with Crippen molar-refractivity contribution < 1.29 is 14.6 Å². The normalized spacial score (nSPS) is 15.1. The second-order valence-electron chi connectivity index (χ2n) is 3.44. The van der Waals surface area contributed by atoms with Crippen molar-refractivity contribution in [3.8, 4) is 11.5 Å². The van der Waals surface area contributed by atoms with Crippen LogP contribution in [0.25, 0.3) is 0 Å². The van der Waals surface area contributed by atoms with Crippen molar-refractivity contribution >= 4 is 5.69 Å². The van der Waals surface area contributed by atoms with Gasteiger partial charge in [-0.25, -0.2) is 0 Å². The monoisotopic (exact) mass is 209 g/mol. The fraction of sp³-hybridized carbons (Fsp3) is 0.400. The van der Waals surface area contributed by atoms with Crippen molar-refractivity contribution in [1.82, 2.24) is 0 Å². The average Bonchev–Trinajstić information content (AvgIpc) is 2.73. The second-order valence-corrected chi connectivity index (χ2v) is 3.44. The third-order valence-electron chi connectivity index (χ3n) is 2.43. The summed E-state index contributed by atoms with van der Waals surface area (Å²) in [6.45, 7) is 1.93. The van der Waals surface area contributed by atoms with Gasteiger partial charge in [-0.1, -0.05) is 6.92 Å². The first-order valence-corrected chi connectivity index (χ1v) is 4.64. The van der Waals surface area contributed by atoms with E-state index in [4.69, 9.17) is 14.6 Å². The van der Waals surface area contributed by atoms with Crippen LogP contribution in [-0.2, 0) is 0 Å². The zero-order valence-corrected chi connectivity index (χ0v) is 8.27. The first-order valence-electron chi connectivity index (χ1n) is 4.64. The molecule has 0 amide bonds. The van der Waals surface area contributed by atoms with Crippen LogP contribution < -0.4 is 9.47 Å². The summed E-state index contributed by atoms with van der Waals surface area (Å²) in [5, 5.41) is 12.0. The summed E-state index contributed by atoms with van der Waals surface area (Å²) in [4.78, 5) is 10.6. The molecular formula is C10H11NO4. The van der Waals surface area contributed by atoms with E-state index >= 15 is 0 Å². The standard InChI is InChI=1S/C10H11NO4/c1-6(4-12)7-2-9-10(15-5-14-9)3-8(7)11-13/h2-3,6,12H,4-5H2,1H3. The number of hydrogen-bond acceptors (Lipinski definition) is 5. The molecule has 1 aromatic carbocycles. The molecule has 0 fully saturated rings.